The van der Waals surface area contributed by atoms with Crippen LogP contribution >= 0.6 is 0 Å². The van der Waals surface area contributed by atoms with Crippen LogP contribution in [0.2, 0.25) is 0 Å². The second-order valence-corrected chi connectivity index (χ2v) is 4.49. The SMILES string of the molecule is CCNC(=O)c1ccc(N)cc1NCCN(C)CC. The summed E-state index contributed by atoms with van der Waals surface area (Å²) >= 11 is 0. The van der Waals surface area contributed by atoms with Gasteiger partial charge in [-0.2, -0.15) is 0 Å². The van der Waals surface area contributed by atoms with Crippen molar-refractivity contribution in [1.29, 1.82) is 0 Å². The molecule has 1 rings (SSSR count). The zero-order chi connectivity index (χ0) is 14.3. The van der Waals surface area contributed by atoms with Crippen molar-refractivity contribution >= 4 is 17.3 Å². The number of nitrogens with one attached hydrogen (secondary N) is 2. The lowest BCUT2D eigenvalue weighted by Gasteiger charge is -2.16. The van der Waals surface area contributed by atoms with Gasteiger partial charge in [0.05, 0.1) is 5.56 Å². The molecule has 0 bridgehead atoms. The smallest absolute Gasteiger partial charge is 0.253 e. The summed E-state index contributed by atoms with van der Waals surface area (Å²) in [4.78, 5) is 14.1. The van der Waals surface area contributed by atoms with E-state index in [-0.39, 0.29) is 5.91 Å². The monoisotopic (exact) mass is 264 g/mol. The van der Waals surface area contributed by atoms with Crippen LogP contribution in [-0.2, 0) is 0 Å². The summed E-state index contributed by atoms with van der Waals surface area (Å²) < 4.78 is 0. The molecule has 1 amide bonds. The van der Waals surface area contributed by atoms with Gasteiger partial charge in [-0.05, 0) is 38.7 Å². The van der Waals surface area contributed by atoms with Crippen molar-refractivity contribution in [3.63, 3.8) is 0 Å². The first-order chi connectivity index (χ1) is 9.08. The molecule has 1 aromatic rings. The molecule has 1 aromatic carbocycles. The number of benzene rings is 1. The molecule has 4 N–H and O–H groups in total. The predicted molar refractivity (Wildman–Crippen MR) is 80.5 cm³/mol. The molecule has 0 fully saturated rings. The average molecular weight is 264 g/mol. The molecule has 0 heterocycles. The van der Waals surface area contributed by atoms with Crippen molar-refractivity contribution in [2.75, 3.05) is 44.3 Å². The van der Waals surface area contributed by atoms with Gasteiger partial charge < -0.3 is 21.3 Å². The molecule has 0 aliphatic carbocycles. The number of carbonyl (C=O) groups is 1. The van der Waals surface area contributed by atoms with Crippen LogP contribution in [-0.4, -0.2) is 44.0 Å². The molecule has 0 aliphatic heterocycles. The first kappa shape index (κ1) is 15.3. The van der Waals surface area contributed by atoms with Crippen molar-refractivity contribution < 1.29 is 4.79 Å². The zero-order valence-corrected chi connectivity index (χ0v) is 12.0. The molecule has 0 saturated carbocycles. The number of rotatable bonds is 7. The van der Waals surface area contributed by atoms with Gasteiger partial charge in [-0.1, -0.05) is 6.92 Å². The van der Waals surface area contributed by atoms with Crippen molar-refractivity contribution in [3.8, 4) is 0 Å². The molecule has 0 aliphatic rings. The standard InChI is InChI=1S/C14H24N4O/c1-4-16-14(19)12-7-6-11(15)10-13(12)17-8-9-18(3)5-2/h6-7,10,17H,4-5,8-9,15H2,1-3H3,(H,16,19). The zero-order valence-electron chi connectivity index (χ0n) is 12.0. The van der Waals surface area contributed by atoms with Crippen molar-refractivity contribution in [2.24, 2.45) is 0 Å². The number of hydrogen-bond donors (Lipinski definition) is 3. The van der Waals surface area contributed by atoms with E-state index < -0.39 is 0 Å². The van der Waals surface area contributed by atoms with Gasteiger partial charge in [0.2, 0.25) is 0 Å². The molecule has 0 aromatic heterocycles. The second kappa shape index (κ2) is 7.63. The first-order valence-electron chi connectivity index (χ1n) is 6.68. The Bertz CT molecular complexity index is 420. The summed E-state index contributed by atoms with van der Waals surface area (Å²) in [5.74, 6) is -0.0751. The molecule has 0 saturated heterocycles. The minimum absolute atomic E-state index is 0.0751. The number of amides is 1. The summed E-state index contributed by atoms with van der Waals surface area (Å²) in [6.45, 7) is 7.32. The lowest BCUT2D eigenvalue weighted by molar-refractivity contribution is 0.0956. The maximum Gasteiger partial charge on any atom is 0.253 e. The molecule has 19 heavy (non-hydrogen) atoms. The fraction of sp³-hybridized carbons (Fsp3) is 0.500. The number of likely N-dealkylation sites (N-methyl/N-ethyl adjacent to an activating group) is 1. The summed E-state index contributed by atoms with van der Waals surface area (Å²) in [5.41, 5.74) is 7.85. The molecule has 0 atom stereocenters. The molecule has 5 nitrogen and oxygen atoms in total. The second-order valence-electron chi connectivity index (χ2n) is 4.49. The number of nitrogens with zero attached hydrogens (tertiary/aromatic N) is 1. The molecular formula is C14H24N4O. The van der Waals surface area contributed by atoms with Gasteiger partial charge in [0.15, 0.2) is 0 Å². The van der Waals surface area contributed by atoms with Crippen LogP contribution in [0, 0.1) is 0 Å². The predicted octanol–water partition coefficient (Wildman–Crippen LogP) is 1.38. The number of nitrogen functional groups attached to an aromatic ring is 1. The number of nitrogens with two attached hydrogens (primary N) is 1. The number of anilines is 2. The highest BCUT2D eigenvalue weighted by atomic mass is 16.1. The van der Waals surface area contributed by atoms with E-state index in [1.165, 1.54) is 0 Å². The van der Waals surface area contributed by atoms with Gasteiger partial charge in [0.1, 0.15) is 0 Å². The minimum atomic E-state index is -0.0751. The average Bonchev–Trinajstić information content (AvgIpc) is 2.38. The lowest BCUT2D eigenvalue weighted by atomic mass is 10.1. The largest absolute Gasteiger partial charge is 0.399 e. The van der Waals surface area contributed by atoms with Crippen LogP contribution in [0.15, 0.2) is 18.2 Å². The van der Waals surface area contributed by atoms with E-state index in [9.17, 15) is 4.79 Å². The maximum atomic E-state index is 11.9. The Kier molecular flexibility index (Phi) is 6.15. The highest BCUT2D eigenvalue weighted by Gasteiger charge is 2.10. The fourth-order valence-corrected chi connectivity index (χ4v) is 1.70. The van der Waals surface area contributed by atoms with Gasteiger partial charge in [-0.15, -0.1) is 0 Å². The fourth-order valence-electron chi connectivity index (χ4n) is 1.70. The van der Waals surface area contributed by atoms with Crippen molar-refractivity contribution in [2.45, 2.75) is 13.8 Å². The molecule has 106 valence electrons. The first-order valence-corrected chi connectivity index (χ1v) is 6.68. The Hall–Kier alpha value is -1.75. The Morgan fingerprint density at radius 1 is 1.37 bits per heavy atom. The van der Waals surface area contributed by atoms with E-state index in [4.69, 9.17) is 5.73 Å². The molecule has 0 spiro atoms. The van der Waals surface area contributed by atoms with Gasteiger partial charge in [-0.3, -0.25) is 4.79 Å². The third-order valence-electron chi connectivity index (χ3n) is 2.97. The topological polar surface area (TPSA) is 70.4 Å². The molecule has 0 unspecified atom stereocenters. The Balaban J connectivity index is 2.74. The third kappa shape index (κ3) is 4.79. The summed E-state index contributed by atoms with van der Waals surface area (Å²) in [6.07, 6.45) is 0. The molecule has 5 heteroatoms. The van der Waals surface area contributed by atoms with Crippen LogP contribution < -0.4 is 16.4 Å². The quantitative estimate of drug-likeness (QED) is 0.651. The van der Waals surface area contributed by atoms with E-state index in [1.807, 2.05) is 6.92 Å². The highest BCUT2D eigenvalue weighted by Crippen LogP contribution is 2.19. The van der Waals surface area contributed by atoms with E-state index in [1.54, 1.807) is 18.2 Å². The summed E-state index contributed by atoms with van der Waals surface area (Å²) in [6, 6.07) is 5.30. The number of hydrogen-bond acceptors (Lipinski definition) is 4. The van der Waals surface area contributed by atoms with Gasteiger partial charge in [0, 0.05) is 31.0 Å². The summed E-state index contributed by atoms with van der Waals surface area (Å²) in [5, 5.41) is 6.08. The van der Waals surface area contributed by atoms with Crippen molar-refractivity contribution in [3.05, 3.63) is 23.8 Å². The van der Waals surface area contributed by atoms with Gasteiger partial charge in [0.25, 0.3) is 5.91 Å². The molecule has 0 radical (unpaired) electrons. The summed E-state index contributed by atoms with van der Waals surface area (Å²) in [7, 11) is 2.06. The van der Waals surface area contributed by atoms with Crippen LogP contribution in [0.25, 0.3) is 0 Å². The lowest BCUT2D eigenvalue weighted by Crippen LogP contribution is -2.27. The Morgan fingerprint density at radius 2 is 2.11 bits per heavy atom. The third-order valence-corrected chi connectivity index (χ3v) is 2.97. The van der Waals surface area contributed by atoms with Crippen LogP contribution in [0.5, 0.6) is 0 Å². The highest BCUT2D eigenvalue weighted by molar-refractivity contribution is 6.00. The van der Waals surface area contributed by atoms with Crippen LogP contribution in [0.3, 0.4) is 0 Å². The Morgan fingerprint density at radius 3 is 2.74 bits per heavy atom. The molecular weight excluding hydrogens is 240 g/mol. The van der Waals surface area contributed by atoms with Gasteiger partial charge >= 0.3 is 0 Å². The number of carbonyl (C=O) groups excluding carboxylic acids is 1. The minimum Gasteiger partial charge on any atom is -0.399 e. The van der Waals surface area contributed by atoms with E-state index in [0.717, 1.165) is 25.3 Å². The normalized spacial score (nSPS) is 10.5. The van der Waals surface area contributed by atoms with E-state index >= 15 is 0 Å². The van der Waals surface area contributed by atoms with Crippen molar-refractivity contribution in [1.82, 2.24) is 10.2 Å². The van der Waals surface area contributed by atoms with Gasteiger partial charge in [-0.25, -0.2) is 0 Å². The Labute approximate surface area is 115 Å². The maximum absolute atomic E-state index is 11.9. The van der Waals surface area contributed by atoms with E-state index in [2.05, 4.69) is 29.5 Å². The van der Waals surface area contributed by atoms with Crippen LogP contribution in [0.4, 0.5) is 11.4 Å². The van der Waals surface area contributed by atoms with Crippen LogP contribution in [0.1, 0.15) is 24.2 Å². The van der Waals surface area contributed by atoms with E-state index in [0.29, 0.717) is 17.8 Å².